The Bertz CT molecular complexity index is 399. The van der Waals surface area contributed by atoms with Crippen molar-refractivity contribution in [3.8, 4) is 0 Å². The number of nitrogens with zero attached hydrogens (tertiary/aromatic N) is 2. The molecule has 0 radical (unpaired) electrons. The monoisotopic (exact) mass is 233 g/mol. The van der Waals surface area contributed by atoms with Gasteiger partial charge in [0.25, 0.3) is 0 Å². The van der Waals surface area contributed by atoms with E-state index in [0.717, 1.165) is 18.8 Å². The van der Waals surface area contributed by atoms with Crippen molar-refractivity contribution in [2.24, 2.45) is 0 Å². The maximum absolute atomic E-state index is 4.18. The lowest BCUT2D eigenvalue weighted by Crippen LogP contribution is -2.28. The molecule has 0 aliphatic rings. The van der Waals surface area contributed by atoms with Crippen LogP contribution in [0, 0.1) is 0 Å². The fraction of sp³-hybridized carbons (Fsp3) is 0.333. The highest BCUT2D eigenvalue weighted by Crippen LogP contribution is 2.10. The molecule has 0 aromatic carbocycles. The van der Waals surface area contributed by atoms with Crippen LogP contribution in [0.5, 0.6) is 0 Å². The Kier molecular flexibility index (Phi) is 4.02. The fourth-order valence-corrected chi connectivity index (χ4v) is 2.32. The number of hydrogen-bond donors (Lipinski definition) is 1. The third kappa shape index (κ3) is 3.40. The first kappa shape index (κ1) is 11.2. The van der Waals surface area contributed by atoms with Crippen LogP contribution in [0.15, 0.2) is 36.0 Å². The molecule has 2 rings (SSSR count). The summed E-state index contributed by atoms with van der Waals surface area (Å²) < 4.78 is 0. The van der Waals surface area contributed by atoms with Gasteiger partial charge in [0.2, 0.25) is 0 Å². The lowest BCUT2D eigenvalue weighted by Gasteiger charge is -2.11. The molecule has 1 N–H and O–H groups in total. The van der Waals surface area contributed by atoms with Crippen LogP contribution in [0.2, 0.25) is 0 Å². The molecule has 3 nitrogen and oxygen atoms in total. The molecule has 84 valence electrons. The van der Waals surface area contributed by atoms with Crippen LogP contribution in [-0.2, 0) is 13.0 Å². The van der Waals surface area contributed by atoms with Gasteiger partial charge in [0.15, 0.2) is 0 Å². The molecule has 2 heterocycles. The Morgan fingerprint density at radius 1 is 1.31 bits per heavy atom. The van der Waals surface area contributed by atoms with Crippen molar-refractivity contribution < 1.29 is 0 Å². The van der Waals surface area contributed by atoms with Gasteiger partial charge in [-0.1, -0.05) is 6.07 Å². The molecule has 0 spiro atoms. The second-order valence-corrected chi connectivity index (χ2v) is 4.76. The van der Waals surface area contributed by atoms with E-state index < -0.39 is 0 Å². The van der Waals surface area contributed by atoms with E-state index in [4.69, 9.17) is 0 Å². The number of rotatable bonds is 5. The second kappa shape index (κ2) is 5.72. The smallest absolute Gasteiger partial charge is 0.141 e. The van der Waals surface area contributed by atoms with Crippen LogP contribution in [0.4, 0.5) is 0 Å². The Balaban J connectivity index is 1.78. The maximum atomic E-state index is 4.18. The SMILES string of the molecule is CC(Cc1cccs1)NCc1ncccn1. The van der Waals surface area contributed by atoms with E-state index in [9.17, 15) is 0 Å². The zero-order valence-corrected chi connectivity index (χ0v) is 10.1. The molecule has 4 heteroatoms. The summed E-state index contributed by atoms with van der Waals surface area (Å²) in [5, 5.41) is 5.53. The zero-order valence-electron chi connectivity index (χ0n) is 9.26. The Labute approximate surface area is 99.6 Å². The average Bonchev–Trinajstić information content (AvgIpc) is 2.81. The van der Waals surface area contributed by atoms with Crippen LogP contribution >= 0.6 is 11.3 Å². The molecule has 0 aliphatic carbocycles. The van der Waals surface area contributed by atoms with Crippen molar-refractivity contribution in [3.63, 3.8) is 0 Å². The highest BCUT2D eigenvalue weighted by Gasteiger charge is 2.04. The topological polar surface area (TPSA) is 37.8 Å². The minimum atomic E-state index is 0.447. The standard InChI is InChI=1S/C12H15N3S/c1-10(8-11-4-2-7-16-11)15-9-12-13-5-3-6-14-12/h2-7,10,15H,8-9H2,1H3. The highest BCUT2D eigenvalue weighted by atomic mass is 32.1. The Morgan fingerprint density at radius 2 is 2.12 bits per heavy atom. The van der Waals surface area contributed by atoms with E-state index in [-0.39, 0.29) is 0 Å². The summed E-state index contributed by atoms with van der Waals surface area (Å²) in [7, 11) is 0. The van der Waals surface area contributed by atoms with Gasteiger partial charge in [-0.15, -0.1) is 11.3 Å². The third-order valence-electron chi connectivity index (χ3n) is 2.32. The van der Waals surface area contributed by atoms with Gasteiger partial charge in [0, 0.05) is 23.3 Å². The van der Waals surface area contributed by atoms with Crippen LogP contribution in [0.25, 0.3) is 0 Å². The summed E-state index contributed by atoms with van der Waals surface area (Å²) in [6.45, 7) is 2.91. The van der Waals surface area contributed by atoms with Gasteiger partial charge in [0.1, 0.15) is 5.82 Å². The minimum Gasteiger partial charge on any atom is -0.307 e. The lowest BCUT2D eigenvalue weighted by atomic mass is 10.2. The summed E-state index contributed by atoms with van der Waals surface area (Å²) in [6, 6.07) is 6.54. The molecular weight excluding hydrogens is 218 g/mol. The first-order valence-corrected chi connectivity index (χ1v) is 6.24. The van der Waals surface area contributed by atoms with Crippen LogP contribution in [-0.4, -0.2) is 16.0 Å². The number of aromatic nitrogens is 2. The molecule has 0 fully saturated rings. The lowest BCUT2D eigenvalue weighted by molar-refractivity contribution is 0.536. The van der Waals surface area contributed by atoms with E-state index in [1.165, 1.54) is 4.88 Å². The normalized spacial score (nSPS) is 12.6. The predicted molar refractivity (Wildman–Crippen MR) is 66.4 cm³/mol. The molecule has 2 aromatic heterocycles. The first-order chi connectivity index (χ1) is 7.84. The predicted octanol–water partition coefficient (Wildman–Crippen LogP) is 2.26. The highest BCUT2D eigenvalue weighted by molar-refractivity contribution is 7.09. The molecule has 1 atom stereocenters. The van der Waals surface area contributed by atoms with Gasteiger partial charge in [-0.25, -0.2) is 9.97 Å². The van der Waals surface area contributed by atoms with Gasteiger partial charge in [-0.3, -0.25) is 0 Å². The van der Waals surface area contributed by atoms with E-state index >= 15 is 0 Å². The van der Waals surface area contributed by atoms with Gasteiger partial charge in [-0.05, 0) is 30.9 Å². The summed E-state index contributed by atoms with van der Waals surface area (Å²) >= 11 is 1.80. The van der Waals surface area contributed by atoms with E-state index in [2.05, 4.69) is 39.7 Å². The Morgan fingerprint density at radius 3 is 2.81 bits per heavy atom. The molecule has 0 aliphatic heterocycles. The minimum absolute atomic E-state index is 0.447. The summed E-state index contributed by atoms with van der Waals surface area (Å²) in [5.41, 5.74) is 0. The van der Waals surface area contributed by atoms with Gasteiger partial charge < -0.3 is 5.32 Å². The zero-order chi connectivity index (χ0) is 11.2. The van der Waals surface area contributed by atoms with Gasteiger partial charge in [0.05, 0.1) is 6.54 Å². The maximum Gasteiger partial charge on any atom is 0.141 e. The molecule has 1 unspecified atom stereocenters. The third-order valence-corrected chi connectivity index (χ3v) is 3.21. The van der Waals surface area contributed by atoms with Crippen molar-refractivity contribution in [2.45, 2.75) is 25.9 Å². The van der Waals surface area contributed by atoms with E-state index in [0.29, 0.717) is 6.04 Å². The van der Waals surface area contributed by atoms with Crippen LogP contribution in [0.1, 0.15) is 17.6 Å². The number of hydrogen-bond acceptors (Lipinski definition) is 4. The van der Waals surface area contributed by atoms with Crippen LogP contribution < -0.4 is 5.32 Å². The summed E-state index contributed by atoms with van der Waals surface area (Å²) in [6.07, 6.45) is 4.60. The van der Waals surface area contributed by atoms with E-state index in [1.807, 2.05) is 6.07 Å². The number of thiophene rings is 1. The van der Waals surface area contributed by atoms with Gasteiger partial charge >= 0.3 is 0 Å². The van der Waals surface area contributed by atoms with Crippen LogP contribution in [0.3, 0.4) is 0 Å². The summed E-state index contributed by atoms with van der Waals surface area (Å²) in [4.78, 5) is 9.76. The molecule has 0 saturated carbocycles. The molecule has 2 aromatic rings. The van der Waals surface area contributed by atoms with Crippen molar-refractivity contribution in [1.29, 1.82) is 0 Å². The second-order valence-electron chi connectivity index (χ2n) is 3.73. The van der Waals surface area contributed by atoms with Crippen molar-refractivity contribution in [3.05, 3.63) is 46.7 Å². The van der Waals surface area contributed by atoms with Crippen molar-refractivity contribution in [2.75, 3.05) is 0 Å². The van der Waals surface area contributed by atoms with E-state index in [1.54, 1.807) is 23.7 Å². The fourth-order valence-electron chi connectivity index (χ4n) is 1.49. The molecule has 16 heavy (non-hydrogen) atoms. The first-order valence-electron chi connectivity index (χ1n) is 5.36. The number of nitrogens with one attached hydrogen (secondary N) is 1. The Hall–Kier alpha value is -1.26. The largest absolute Gasteiger partial charge is 0.307 e. The molecule has 0 bridgehead atoms. The molecule has 0 saturated heterocycles. The molecular formula is C12H15N3S. The van der Waals surface area contributed by atoms with Gasteiger partial charge in [-0.2, -0.15) is 0 Å². The average molecular weight is 233 g/mol. The van der Waals surface area contributed by atoms with Crippen molar-refractivity contribution >= 4 is 11.3 Å². The van der Waals surface area contributed by atoms with Crippen molar-refractivity contribution in [1.82, 2.24) is 15.3 Å². The summed E-state index contributed by atoms with van der Waals surface area (Å²) in [5.74, 6) is 0.848. The quantitative estimate of drug-likeness (QED) is 0.860. The molecule has 0 amide bonds.